The summed E-state index contributed by atoms with van der Waals surface area (Å²) in [5.41, 5.74) is 2.20. The fourth-order valence-electron chi connectivity index (χ4n) is 3.41. The van der Waals surface area contributed by atoms with E-state index in [4.69, 9.17) is 4.74 Å². The van der Waals surface area contributed by atoms with E-state index >= 15 is 0 Å². The van der Waals surface area contributed by atoms with Crippen LogP contribution in [0.15, 0.2) is 95.6 Å². The number of pyridine rings is 1. The van der Waals surface area contributed by atoms with E-state index in [0.717, 1.165) is 32.8 Å². The molecule has 3 aromatic carbocycles. The molecule has 0 unspecified atom stereocenters. The van der Waals surface area contributed by atoms with Crippen molar-refractivity contribution in [1.29, 1.82) is 0 Å². The summed E-state index contributed by atoms with van der Waals surface area (Å²) in [6.45, 7) is 0. The number of benzene rings is 3. The van der Waals surface area contributed by atoms with Crippen LogP contribution in [0.3, 0.4) is 0 Å². The molecule has 5 aromatic rings. The molecule has 130 valence electrons. The molecule has 0 saturated heterocycles. The van der Waals surface area contributed by atoms with Gasteiger partial charge in [0.25, 0.3) is 0 Å². The monoisotopic (exact) mass is 414 g/mol. The Bertz CT molecular complexity index is 1260. The molecule has 0 radical (unpaired) electrons. The van der Waals surface area contributed by atoms with Gasteiger partial charge in [0.2, 0.25) is 0 Å². The minimum atomic E-state index is 0.792. The van der Waals surface area contributed by atoms with Crippen LogP contribution in [0.5, 0.6) is 11.5 Å². The average molecular weight is 415 g/mol. The lowest BCUT2D eigenvalue weighted by atomic mass is 10.1. The van der Waals surface area contributed by atoms with E-state index in [1.165, 1.54) is 10.8 Å². The van der Waals surface area contributed by atoms with Crippen molar-refractivity contribution in [2.75, 3.05) is 0 Å². The van der Waals surface area contributed by atoms with Crippen LogP contribution in [0.25, 0.3) is 27.6 Å². The normalized spacial score (nSPS) is 11.1. The zero-order chi connectivity index (χ0) is 18.2. The maximum absolute atomic E-state index is 6.09. The highest BCUT2D eigenvalue weighted by atomic mass is 79.9. The number of aromatic nitrogens is 2. The highest BCUT2D eigenvalue weighted by Gasteiger charge is 2.13. The molecule has 0 fully saturated rings. The van der Waals surface area contributed by atoms with Gasteiger partial charge in [0.05, 0.1) is 11.0 Å². The van der Waals surface area contributed by atoms with E-state index in [-0.39, 0.29) is 0 Å². The molecule has 27 heavy (non-hydrogen) atoms. The molecular weight excluding hydrogens is 400 g/mol. The Morgan fingerprint density at radius 1 is 0.704 bits per heavy atom. The van der Waals surface area contributed by atoms with Crippen molar-refractivity contribution in [3.63, 3.8) is 0 Å². The molecular formula is C23H15BrN2O. The summed E-state index contributed by atoms with van der Waals surface area (Å²) in [5, 5.41) is 2.38. The van der Waals surface area contributed by atoms with Gasteiger partial charge in [0.1, 0.15) is 17.3 Å². The number of ether oxygens (including phenoxy) is 1. The van der Waals surface area contributed by atoms with Crippen LogP contribution in [0.2, 0.25) is 0 Å². The zero-order valence-corrected chi connectivity index (χ0v) is 15.9. The summed E-state index contributed by atoms with van der Waals surface area (Å²) in [5.74, 6) is 2.48. The van der Waals surface area contributed by atoms with E-state index in [9.17, 15) is 0 Å². The molecule has 0 aliphatic rings. The first-order valence-electron chi connectivity index (χ1n) is 8.68. The van der Waals surface area contributed by atoms with Crippen LogP contribution >= 0.6 is 15.9 Å². The summed E-state index contributed by atoms with van der Waals surface area (Å²) >= 11 is 3.49. The summed E-state index contributed by atoms with van der Waals surface area (Å²) in [7, 11) is 0. The second kappa shape index (κ2) is 6.56. The van der Waals surface area contributed by atoms with Gasteiger partial charge >= 0.3 is 0 Å². The van der Waals surface area contributed by atoms with Gasteiger partial charge in [-0.1, -0.05) is 46.3 Å². The molecule has 0 spiro atoms. The van der Waals surface area contributed by atoms with Crippen LogP contribution in [-0.2, 0) is 0 Å². The molecule has 2 heterocycles. The van der Waals surface area contributed by atoms with Crippen molar-refractivity contribution in [1.82, 2.24) is 9.55 Å². The summed E-state index contributed by atoms with van der Waals surface area (Å²) < 4.78 is 9.26. The van der Waals surface area contributed by atoms with Crippen LogP contribution in [-0.4, -0.2) is 9.55 Å². The molecule has 5 rings (SSSR count). The molecule has 0 aliphatic carbocycles. The first-order valence-corrected chi connectivity index (χ1v) is 9.47. The van der Waals surface area contributed by atoms with Gasteiger partial charge in [-0.2, -0.15) is 0 Å². The number of halogens is 1. The fourth-order valence-corrected chi connectivity index (χ4v) is 3.79. The first-order chi connectivity index (χ1) is 13.3. The fraction of sp³-hybridized carbons (Fsp3) is 0. The summed E-state index contributed by atoms with van der Waals surface area (Å²) in [6.07, 6.45) is 1.82. The number of rotatable bonds is 3. The van der Waals surface area contributed by atoms with Crippen molar-refractivity contribution < 1.29 is 4.74 Å². The summed E-state index contributed by atoms with van der Waals surface area (Å²) in [6, 6.07) is 28.4. The Kier molecular flexibility index (Phi) is 3.91. The molecule has 0 amide bonds. The topological polar surface area (TPSA) is 27.1 Å². The second-order valence-corrected chi connectivity index (χ2v) is 7.19. The van der Waals surface area contributed by atoms with Crippen molar-refractivity contribution >= 4 is 37.7 Å². The number of hydrogen-bond acceptors (Lipinski definition) is 2. The quantitative estimate of drug-likeness (QED) is 0.327. The zero-order valence-electron chi connectivity index (χ0n) is 14.3. The minimum Gasteiger partial charge on any atom is -0.457 e. The third-order valence-corrected chi connectivity index (χ3v) is 5.05. The number of nitrogens with zero attached hydrogens (tertiary/aromatic N) is 2. The average Bonchev–Trinajstić information content (AvgIpc) is 3.02. The predicted molar refractivity (Wildman–Crippen MR) is 113 cm³/mol. The third kappa shape index (κ3) is 2.88. The number of para-hydroxylation sites is 1. The first kappa shape index (κ1) is 16.1. The largest absolute Gasteiger partial charge is 0.457 e. The SMILES string of the molecule is Brc1cccc(Oc2ccc3c4ccccc4n(-c4ccccn4)c3c2)c1. The highest BCUT2D eigenvalue weighted by molar-refractivity contribution is 9.10. The van der Waals surface area contributed by atoms with Gasteiger partial charge in [-0.05, 0) is 48.5 Å². The van der Waals surface area contributed by atoms with Crippen molar-refractivity contribution in [3.05, 3.63) is 95.6 Å². The van der Waals surface area contributed by atoms with Crippen molar-refractivity contribution in [3.8, 4) is 17.3 Å². The van der Waals surface area contributed by atoms with Gasteiger partial charge in [-0.25, -0.2) is 4.98 Å². The van der Waals surface area contributed by atoms with Crippen LogP contribution in [0.1, 0.15) is 0 Å². The minimum absolute atomic E-state index is 0.792. The molecule has 3 nitrogen and oxygen atoms in total. The molecule has 0 saturated carbocycles. The Morgan fingerprint density at radius 2 is 1.52 bits per heavy atom. The van der Waals surface area contributed by atoms with Crippen molar-refractivity contribution in [2.24, 2.45) is 0 Å². The lowest BCUT2D eigenvalue weighted by molar-refractivity contribution is 0.483. The van der Waals surface area contributed by atoms with E-state index in [1.54, 1.807) is 0 Å². The standard InChI is InChI=1S/C23H15BrN2O/c24-16-6-5-7-17(14-16)27-18-11-12-20-19-8-1-2-9-21(19)26(22(20)15-18)23-10-3-4-13-25-23/h1-15H. The third-order valence-electron chi connectivity index (χ3n) is 4.56. The Balaban J connectivity index is 1.73. The van der Waals surface area contributed by atoms with E-state index < -0.39 is 0 Å². The van der Waals surface area contributed by atoms with Crippen molar-refractivity contribution in [2.45, 2.75) is 0 Å². The molecule has 4 heteroatoms. The second-order valence-electron chi connectivity index (χ2n) is 6.28. The van der Waals surface area contributed by atoms with E-state index in [2.05, 4.69) is 61.9 Å². The molecule has 0 bridgehead atoms. The van der Waals surface area contributed by atoms with Crippen LogP contribution in [0.4, 0.5) is 0 Å². The van der Waals surface area contributed by atoms with Gasteiger partial charge in [0.15, 0.2) is 0 Å². The lowest BCUT2D eigenvalue weighted by Crippen LogP contribution is -1.96. The Morgan fingerprint density at radius 3 is 2.37 bits per heavy atom. The van der Waals surface area contributed by atoms with Crippen LogP contribution < -0.4 is 4.74 Å². The molecule has 2 aromatic heterocycles. The molecule has 0 N–H and O–H groups in total. The van der Waals surface area contributed by atoms with Crippen LogP contribution in [0, 0.1) is 0 Å². The van der Waals surface area contributed by atoms with E-state index in [1.807, 2.05) is 54.7 Å². The Hall–Kier alpha value is -3.11. The van der Waals surface area contributed by atoms with E-state index in [0.29, 0.717) is 0 Å². The smallest absolute Gasteiger partial charge is 0.137 e. The molecule has 0 atom stereocenters. The predicted octanol–water partition coefficient (Wildman–Crippen LogP) is 6.73. The Labute approximate surface area is 165 Å². The number of fused-ring (bicyclic) bond motifs is 3. The maximum atomic E-state index is 6.09. The van der Waals surface area contributed by atoms with Gasteiger partial charge in [-0.15, -0.1) is 0 Å². The van der Waals surface area contributed by atoms with Gasteiger partial charge < -0.3 is 4.74 Å². The highest BCUT2D eigenvalue weighted by Crippen LogP contribution is 2.34. The summed E-state index contributed by atoms with van der Waals surface area (Å²) in [4.78, 5) is 4.56. The van der Waals surface area contributed by atoms with Gasteiger partial charge in [0, 0.05) is 27.5 Å². The maximum Gasteiger partial charge on any atom is 0.137 e. The van der Waals surface area contributed by atoms with Gasteiger partial charge in [-0.3, -0.25) is 4.57 Å². The number of hydrogen-bond donors (Lipinski definition) is 0. The molecule has 0 aliphatic heterocycles. The lowest BCUT2D eigenvalue weighted by Gasteiger charge is -2.09.